The van der Waals surface area contributed by atoms with Gasteiger partial charge < -0.3 is 14.6 Å². The summed E-state index contributed by atoms with van der Waals surface area (Å²) in [5.41, 5.74) is 2.57. The second-order valence-corrected chi connectivity index (χ2v) is 8.12. The highest BCUT2D eigenvalue weighted by molar-refractivity contribution is 7.90. The van der Waals surface area contributed by atoms with Gasteiger partial charge in [-0.25, -0.2) is 18.4 Å². The summed E-state index contributed by atoms with van der Waals surface area (Å²) < 4.78 is 33.6. The maximum absolute atomic E-state index is 11.6. The van der Waals surface area contributed by atoms with Gasteiger partial charge in [0.25, 0.3) is 0 Å². The highest BCUT2D eigenvalue weighted by Crippen LogP contribution is 2.37. The van der Waals surface area contributed by atoms with E-state index >= 15 is 0 Å². The first kappa shape index (κ1) is 18.4. The number of aromatic nitrogens is 2. The predicted octanol–water partition coefficient (Wildman–Crippen LogP) is 1.16. The summed E-state index contributed by atoms with van der Waals surface area (Å²) >= 11 is 0. The van der Waals surface area contributed by atoms with Crippen molar-refractivity contribution in [3.05, 3.63) is 35.2 Å². The topological polar surface area (TPSA) is 102 Å². The lowest BCUT2D eigenvalue weighted by atomic mass is 10.1. The summed E-state index contributed by atoms with van der Waals surface area (Å²) in [5, 5.41) is 9.97. The average Bonchev–Trinajstić information content (AvgIpc) is 2.60. The largest absolute Gasteiger partial charge is 0.504 e. The first-order chi connectivity index (χ1) is 12.3. The molecule has 0 saturated carbocycles. The zero-order chi connectivity index (χ0) is 18.9. The second kappa shape index (κ2) is 7.08. The van der Waals surface area contributed by atoms with Crippen molar-refractivity contribution in [1.82, 2.24) is 14.9 Å². The van der Waals surface area contributed by atoms with Gasteiger partial charge in [-0.05, 0) is 17.7 Å². The van der Waals surface area contributed by atoms with Gasteiger partial charge in [0.2, 0.25) is 20.7 Å². The highest BCUT2D eigenvalue weighted by atomic mass is 32.2. The zero-order valence-electron chi connectivity index (χ0n) is 14.9. The molecule has 0 fully saturated rings. The van der Waals surface area contributed by atoms with E-state index in [1.807, 2.05) is 6.07 Å². The summed E-state index contributed by atoms with van der Waals surface area (Å²) in [6.07, 6.45) is 3.32. The van der Waals surface area contributed by atoms with Crippen LogP contribution in [-0.2, 0) is 29.3 Å². The Hall–Kier alpha value is -2.39. The Kier molecular flexibility index (Phi) is 5.01. The molecule has 0 atom stereocenters. The highest BCUT2D eigenvalue weighted by Gasteiger charge is 2.22. The minimum Gasteiger partial charge on any atom is -0.504 e. The van der Waals surface area contributed by atoms with E-state index in [1.54, 1.807) is 12.3 Å². The summed E-state index contributed by atoms with van der Waals surface area (Å²) in [6, 6.07) is 3.48. The van der Waals surface area contributed by atoms with Gasteiger partial charge in [0, 0.05) is 44.1 Å². The Morgan fingerprint density at radius 3 is 2.69 bits per heavy atom. The lowest BCUT2D eigenvalue weighted by Crippen LogP contribution is -2.31. The molecule has 1 aromatic carbocycles. The number of phenolic OH excluding ortho intramolecular Hbond substituents is 1. The molecule has 8 nitrogen and oxygen atoms in total. The maximum atomic E-state index is 11.6. The molecule has 0 spiro atoms. The van der Waals surface area contributed by atoms with E-state index in [1.165, 1.54) is 14.2 Å². The minimum absolute atomic E-state index is 0.0281. The Balaban J connectivity index is 1.79. The van der Waals surface area contributed by atoms with Crippen molar-refractivity contribution >= 4 is 9.84 Å². The van der Waals surface area contributed by atoms with Crippen molar-refractivity contribution in [3.63, 3.8) is 0 Å². The van der Waals surface area contributed by atoms with Gasteiger partial charge in [-0.3, -0.25) is 4.90 Å². The van der Waals surface area contributed by atoms with E-state index in [2.05, 4.69) is 14.9 Å². The fourth-order valence-electron chi connectivity index (χ4n) is 3.02. The Labute approximate surface area is 152 Å². The van der Waals surface area contributed by atoms with Crippen LogP contribution in [0.15, 0.2) is 23.5 Å². The Morgan fingerprint density at radius 2 is 2.04 bits per heavy atom. The standard InChI is InChI=1S/C17H21N3O5S/c1-24-15-7-11(6-14(21)16(15)25-2)9-20-5-4-13-12(10-20)8-18-17(19-13)26(3,22)23/h6-8,21H,4-5,9-10H2,1-3H3. The molecule has 1 aliphatic heterocycles. The number of hydrogen-bond acceptors (Lipinski definition) is 8. The van der Waals surface area contributed by atoms with Crippen LogP contribution in [0.25, 0.3) is 0 Å². The van der Waals surface area contributed by atoms with Crippen LogP contribution in [0.3, 0.4) is 0 Å². The predicted molar refractivity (Wildman–Crippen MR) is 94.2 cm³/mol. The molecule has 0 radical (unpaired) electrons. The third-order valence-electron chi connectivity index (χ3n) is 4.25. The van der Waals surface area contributed by atoms with Gasteiger partial charge >= 0.3 is 0 Å². The molecule has 0 amide bonds. The van der Waals surface area contributed by atoms with Gasteiger partial charge in [-0.15, -0.1) is 0 Å². The quantitative estimate of drug-likeness (QED) is 0.772. The average molecular weight is 379 g/mol. The monoisotopic (exact) mass is 379 g/mol. The van der Waals surface area contributed by atoms with Crippen molar-refractivity contribution in [2.45, 2.75) is 24.7 Å². The van der Waals surface area contributed by atoms with Crippen molar-refractivity contribution < 1.29 is 23.0 Å². The van der Waals surface area contributed by atoms with Gasteiger partial charge in [0.1, 0.15) is 0 Å². The molecule has 0 saturated heterocycles. The maximum Gasteiger partial charge on any atom is 0.246 e. The molecular weight excluding hydrogens is 358 g/mol. The molecule has 0 bridgehead atoms. The third-order valence-corrected chi connectivity index (χ3v) is 5.11. The molecule has 2 aromatic rings. The summed E-state index contributed by atoms with van der Waals surface area (Å²) in [4.78, 5) is 10.3. The fraction of sp³-hybridized carbons (Fsp3) is 0.412. The van der Waals surface area contributed by atoms with Crippen LogP contribution in [-0.4, -0.2) is 55.4 Å². The number of hydrogen-bond donors (Lipinski definition) is 1. The van der Waals surface area contributed by atoms with Crippen LogP contribution in [0.2, 0.25) is 0 Å². The van der Waals surface area contributed by atoms with Crippen LogP contribution < -0.4 is 9.47 Å². The Morgan fingerprint density at radius 1 is 1.27 bits per heavy atom. The number of methoxy groups -OCH3 is 2. The number of rotatable bonds is 5. The number of phenols is 1. The van der Waals surface area contributed by atoms with E-state index in [9.17, 15) is 13.5 Å². The van der Waals surface area contributed by atoms with E-state index in [-0.39, 0.29) is 10.9 Å². The first-order valence-electron chi connectivity index (χ1n) is 8.03. The zero-order valence-corrected chi connectivity index (χ0v) is 15.7. The number of sulfone groups is 1. The van der Waals surface area contributed by atoms with Gasteiger partial charge in [0.15, 0.2) is 11.5 Å². The summed E-state index contributed by atoms with van der Waals surface area (Å²) in [7, 11) is -0.408. The van der Waals surface area contributed by atoms with Crippen LogP contribution in [0.1, 0.15) is 16.8 Å². The molecule has 1 N–H and O–H groups in total. The number of nitrogens with zero attached hydrogens (tertiary/aromatic N) is 3. The van der Waals surface area contributed by atoms with Crippen molar-refractivity contribution in [1.29, 1.82) is 0 Å². The molecule has 1 aromatic heterocycles. The van der Waals surface area contributed by atoms with Gasteiger partial charge in [-0.1, -0.05) is 0 Å². The van der Waals surface area contributed by atoms with Gasteiger partial charge in [-0.2, -0.15) is 0 Å². The minimum atomic E-state index is -3.41. The van der Waals surface area contributed by atoms with Crippen molar-refractivity contribution in [2.75, 3.05) is 27.0 Å². The Bertz CT molecular complexity index is 930. The van der Waals surface area contributed by atoms with E-state index < -0.39 is 9.84 Å². The number of ether oxygens (including phenoxy) is 2. The van der Waals surface area contributed by atoms with Crippen LogP contribution in [0.4, 0.5) is 0 Å². The van der Waals surface area contributed by atoms with E-state index in [0.29, 0.717) is 31.0 Å². The molecule has 140 valence electrons. The smallest absolute Gasteiger partial charge is 0.246 e. The molecule has 3 rings (SSSR count). The van der Waals surface area contributed by atoms with Crippen LogP contribution in [0.5, 0.6) is 17.2 Å². The van der Waals surface area contributed by atoms with Crippen LogP contribution in [0, 0.1) is 0 Å². The van der Waals surface area contributed by atoms with E-state index in [0.717, 1.165) is 29.6 Å². The lowest BCUT2D eigenvalue weighted by molar-refractivity contribution is 0.241. The number of aromatic hydroxyl groups is 1. The lowest BCUT2D eigenvalue weighted by Gasteiger charge is -2.28. The molecule has 0 unspecified atom stereocenters. The molecular formula is C17H21N3O5S. The van der Waals surface area contributed by atoms with Gasteiger partial charge in [0.05, 0.1) is 19.9 Å². The SMILES string of the molecule is COc1cc(CN2CCc3nc(S(C)(=O)=O)ncc3C2)cc(O)c1OC. The van der Waals surface area contributed by atoms with Crippen LogP contribution >= 0.6 is 0 Å². The summed E-state index contributed by atoms with van der Waals surface area (Å²) in [6.45, 7) is 1.93. The molecule has 1 aliphatic rings. The normalized spacial score (nSPS) is 14.7. The number of fused-ring (bicyclic) bond motifs is 1. The number of benzene rings is 1. The molecule has 2 heterocycles. The van der Waals surface area contributed by atoms with E-state index in [4.69, 9.17) is 9.47 Å². The molecule has 9 heteroatoms. The molecule has 26 heavy (non-hydrogen) atoms. The third kappa shape index (κ3) is 3.73. The fourth-order valence-corrected chi connectivity index (χ4v) is 3.54. The first-order valence-corrected chi connectivity index (χ1v) is 9.92. The second-order valence-electron chi connectivity index (χ2n) is 6.21. The van der Waals surface area contributed by atoms with Crippen molar-refractivity contribution in [2.24, 2.45) is 0 Å². The van der Waals surface area contributed by atoms with Crippen molar-refractivity contribution in [3.8, 4) is 17.2 Å². The summed E-state index contributed by atoms with van der Waals surface area (Å²) in [5.74, 6) is 0.809. The molecule has 0 aliphatic carbocycles.